The second-order valence-electron chi connectivity index (χ2n) is 7.00. The van der Waals surface area contributed by atoms with Gasteiger partial charge in [-0.2, -0.15) is 10.1 Å². The van der Waals surface area contributed by atoms with E-state index in [1.165, 1.54) is 0 Å². The number of imide groups is 1. The SMILES string of the molecule is CCN(CC)c1ccc(/C=N\N2C(=O)[C@@H]3[C@@H](C2=O)[C@H]2C=C[C@H]3C2)cc1. The Hall–Kier alpha value is -2.43. The van der Waals surface area contributed by atoms with E-state index in [0.29, 0.717) is 0 Å². The molecule has 4 rings (SSSR count). The van der Waals surface area contributed by atoms with Gasteiger partial charge in [0.1, 0.15) is 0 Å². The topological polar surface area (TPSA) is 53.0 Å². The van der Waals surface area contributed by atoms with Crippen molar-refractivity contribution in [3.8, 4) is 0 Å². The zero-order valence-electron chi connectivity index (χ0n) is 14.6. The molecule has 1 aromatic rings. The summed E-state index contributed by atoms with van der Waals surface area (Å²) in [6.45, 7) is 6.17. The molecule has 4 atom stereocenters. The highest BCUT2D eigenvalue weighted by Gasteiger charge is 2.59. The quantitative estimate of drug-likeness (QED) is 0.471. The van der Waals surface area contributed by atoms with Crippen molar-refractivity contribution in [2.75, 3.05) is 18.0 Å². The number of hydrogen-bond acceptors (Lipinski definition) is 4. The number of amides is 2. The maximum atomic E-state index is 12.6. The first kappa shape index (κ1) is 16.1. The Bertz CT molecular complexity index is 719. The van der Waals surface area contributed by atoms with Crippen LogP contribution in [0.4, 0.5) is 5.69 Å². The Morgan fingerprint density at radius 2 is 1.60 bits per heavy atom. The van der Waals surface area contributed by atoms with Crippen molar-refractivity contribution < 1.29 is 9.59 Å². The maximum Gasteiger partial charge on any atom is 0.254 e. The van der Waals surface area contributed by atoms with Gasteiger partial charge in [0.25, 0.3) is 11.8 Å². The second-order valence-corrected chi connectivity index (χ2v) is 7.00. The molecule has 3 aliphatic rings. The number of hydrogen-bond donors (Lipinski definition) is 0. The lowest BCUT2D eigenvalue weighted by molar-refractivity contribution is -0.140. The zero-order valence-corrected chi connectivity index (χ0v) is 14.6. The minimum Gasteiger partial charge on any atom is -0.372 e. The summed E-state index contributed by atoms with van der Waals surface area (Å²) in [5.74, 6) is -0.208. The number of benzene rings is 1. The van der Waals surface area contributed by atoms with E-state index in [2.05, 4.69) is 36.0 Å². The lowest BCUT2D eigenvalue weighted by atomic mass is 9.85. The van der Waals surface area contributed by atoms with Crippen LogP contribution in [0.1, 0.15) is 25.8 Å². The minimum atomic E-state index is -0.190. The summed E-state index contributed by atoms with van der Waals surface area (Å²) in [5.41, 5.74) is 2.04. The van der Waals surface area contributed by atoms with Crippen molar-refractivity contribution in [2.45, 2.75) is 20.3 Å². The van der Waals surface area contributed by atoms with Gasteiger partial charge in [0.15, 0.2) is 0 Å². The van der Waals surface area contributed by atoms with E-state index < -0.39 is 0 Å². The van der Waals surface area contributed by atoms with Gasteiger partial charge in [-0.3, -0.25) is 9.59 Å². The number of anilines is 1. The number of hydrazone groups is 1. The summed E-state index contributed by atoms with van der Waals surface area (Å²) in [5, 5.41) is 5.31. The number of carbonyl (C=O) groups excluding carboxylic acids is 2. The Morgan fingerprint density at radius 1 is 1.04 bits per heavy atom. The molecule has 5 nitrogen and oxygen atoms in total. The van der Waals surface area contributed by atoms with Gasteiger partial charge < -0.3 is 4.90 Å². The number of allylic oxidation sites excluding steroid dienone is 2. The van der Waals surface area contributed by atoms with Crippen LogP contribution < -0.4 is 4.90 Å². The highest BCUT2D eigenvalue weighted by molar-refractivity contribution is 6.06. The normalized spacial score (nSPS) is 29.9. The van der Waals surface area contributed by atoms with Crippen LogP contribution in [0.2, 0.25) is 0 Å². The first-order chi connectivity index (χ1) is 12.1. The summed E-state index contributed by atoms with van der Waals surface area (Å²) >= 11 is 0. The lowest BCUT2D eigenvalue weighted by Crippen LogP contribution is -2.28. The highest BCUT2D eigenvalue weighted by Crippen LogP contribution is 2.52. The van der Waals surface area contributed by atoms with Crippen LogP contribution >= 0.6 is 0 Å². The molecule has 2 fully saturated rings. The van der Waals surface area contributed by atoms with E-state index in [-0.39, 0.29) is 35.5 Å². The van der Waals surface area contributed by atoms with Crippen molar-refractivity contribution in [2.24, 2.45) is 28.8 Å². The fourth-order valence-electron chi connectivity index (χ4n) is 4.48. The van der Waals surface area contributed by atoms with Crippen LogP contribution in [0, 0.1) is 23.7 Å². The van der Waals surface area contributed by atoms with Crippen molar-refractivity contribution in [3.63, 3.8) is 0 Å². The smallest absolute Gasteiger partial charge is 0.254 e. The molecule has 1 aliphatic heterocycles. The number of carbonyl (C=O) groups is 2. The molecule has 1 aromatic carbocycles. The fraction of sp³-hybridized carbons (Fsp3) is 0.450. The Kier molecular flexibility index (Phi) is 3.94. The Balaban J connectivity index is 1.49. The third kappa shape index (κ3) is 2.49. The van der Waals surface area contributed by atoms with E-state index in [4.69, 9.17) is 0 Å². The van der Waals surface area contributed by atoms with Crippen LogP contribution in [-0.2, 0) is 9.59 Å². The fourth-order valence-corrected chi connectivity index (χ4v) is 4.48. The molecule has 0 radical (unpaired) electrons. The van der Waals surface area contributed by atoms with E-state index in [1.54, 1.807) is 6.21 Å². The molecule has 0 spiro atoms. The van der Waals surface area contributed by atoms with Gasteiger partial charge in [0.2, 0.25) is 0 Å². The van der Waals surface area contributed by atoms with Gasteiger partial charge in [-0.25, -0.2) is 0 Å². The van der Waals surface area contributed by atoms with Crippen molar-refractivity contribution in [3.05, 3.63) is 42.0 Å². The molecular weight excluding hydrogens is 314 g/mol. The van der Waals surface area contributed by atoms with Gasteiger partial charge >= 0.3 is 0 Å². The average Bonchev–Trinajstić information content (AvgIpc) is 3.30. The van der Waals surface area contributed by atoms with E-state index in [9.17, 15) is 9.59 Å². The van der Waals surface area contributed by atoms with Gasteiger partial charge in [0, 0.05) is 18.8 Å². The summed E-state index contributed by atoms with van der Waals surface area (Å²) in [4.78, 5) is 27.4. The summed E-state index contributed by atoms with van der Waals surface area (Å²) < 4.78 is 0. The van der Waals surface area contributed by atoms with E-state index in [1.807, 2.05) is 24.3 Å². The van der Waals surface area contributed by atoms with Crippen molar-refractivity contribution >= 4 is 23.7 Å². The van der Waals surface area contributed by atoms with Gasteiger partial charge in [0.05, 0.1) is 18.1 Å². The predicted molar refractivity (Wildman–Crippen MR) is 97.2 cm³/mol. The molecule has 0 aromatic heterocycles. The Morgan fingerprint density at radius 3 is 2.12 bits per heavy atom. The molecule has 2 amide bonds. The number of fused-ring (bicyclic) bond motifs is 5. The Labute approximate surface area is 148 Å². The minimum absolute atomic E-state index is 0.136. The molecule has 1 saturated heterocycles. The van der Waals surface area contributed by atoms with Crippen LogP contribution in [-0.4, -0.2) is 36.1 Å². The first-order valence-electron chi connectivity index (χ1n) is 9.09. The van der Waals surface area contributed by atoms with Crippen LogP contribution in [0.5, 0.6) is 0 Å². The number of rotatable bonds is 5. The molecule has 130 valence electrons. The summed E-state index contributed by atoms with van der Waals surface area (Å²) in [7, 11) is 0. The van der Waals surface area contributed by atoms with Crippen LogP contribution in [0.15, 0.2) is 41.5 Å². The van der Waals surface area contributed by atoms with Gasteiger partial charge in [-0.15, -0.1) is 0 Å². The van der Waals surface area contributed by atoms with Crippen LogP contribution in [0.3, 0.4) is 0 Å². The van der Waals surface area contributed by atoms with E-state index in [0.717, 1.165) is 35.8 Å². The van der Waals surface area contributed by atoms with Gasteiger partial charge in [-0.1, -0.05) is 24.3 Å². The molecule has 2 aliphatic carbocycles. The average molecular weight is 337 g/mol. The monoisotopic (exact) mass is 337 g/mol. The lowest BCUT2D eigenvalue weighted by Gasteiger charge is -2.20. The third-order valence-corrected chi connectivity index (χ3v) is 5.79. The highest BCUT2D eigenvalue weighted by atomic mass is 16.2. The third-order valence-electron chi connectivity index (χ3n) is 5.79. The molecule has 1 heterocycles. The molecule has 5 heteroatoms. The molecule has 2 bridgehead atoms. The van der Waals surface area contributed by atoms with E-state index >= 15 is 0 Å². The molecule has 25 heavy (non-hydrogen) atoms. The molecule has 0 unspecified atom stereocenters. The summed E-state index contributed by atoms with van der Waals surface area (Å²) in [6, 6.07) is 8.02. The largest absolute Gasteiger partial charge is 0.372 e. The first-order valence-corrected chi connectivity index (χ1v) is 9.09. The van der Waals surface area contributed by atoms with Gasteiger partial charge in [-0.05, 0) is 49.8 Å². The molecule has 0 N–H and O–H groups in total. The predicted octanol–water partition coefficient (Wildman–Crippen LogP) is 2.67. The molecule has 1 saturated carbocycles. The maximum absolute atomic E-state index is 12.6. The molecular formula is C20H23N3O2. The van der Waals surface area contributed by atoms with Crippen molar-refractivity contribution in [1.29, 1.82) is 0 Å². The zero-order chi connectivity index (χ0) is 17.6. The standard InChI is InChI=1S/C20H23N3O2/c1-3-22(4-2)16-9-5-13(6-10-16)12-21-23-19(24)17-14-7-8-15(11-14)18(17)20(23)25/h5-10,12,14-15,17-18H,3-4,11H2,1-2H3/b21-12-/t14-,15-,17-,18-/m0/s1. The summed E-state index contributed by atoms with van der Waals surface area (Å²) in [6.07, 6.45) is 6.74. The van der Waals surface area contributed by atoms with Crippen LogP contribution in [0.25, 0.3) is 0 Å². The van der Waals surface area contributed by atoms with Crippen molar-refractivity contribution in [1.82, 2.24) is 5.01 Å². The number of nitrogens with zero attached hydrogens (tertiary/aromatic N) is 3. The second kappa shape index (κ2) is 6.14.